The molecule has 0 heterocycles. The van der Waals surface area contributed by atoms with E-state index in [4.69, 9.17) is 34.1 Å². The maximum absolute atomic E-state index is 12.1. The molecule has 2 aromatic carbocycles. The van der Waals surface area contributed by atoms with E-state index in [-0.39, 0.29) is 31.4 Å². The third kappa shape index (κ3) is 5.46. The van der Waals surface area contributed by atoms with Crippen molar-refractivity contribution in [3.05, 3.63) is 62.1 Å². The number of hydrogen-bond donors (Lipinski definition) is 4. The monoisotopic (exact) mass is 463 g/mol. The lowest BCUT2D eigenvalue weighted by Gasteiger charge is -2.28. The van der Waals surface area contributed by atoms with Crippen LogP contribution < -0.4 is 16.3 Å². The smallest absolute Gasteiger partial charge is 0.324 e. The molecule has 0 radical (unpaired) electrons. The highest BCUT2D eigenvalue weighted by molar-refractivity contribution is 7.86. The Hall–Kier alpha value is -2.64. The molecular weight excluding hydrogens is 449 g/mol. The Morgan fingerprint density at radius 3 is 2.34 bits per heavy atom. The fourth-order valence-electron chi connectivity index (χ4n) is 2.40. The van der Waals surface area contributed by atoms with Crippen molar-refractivity contribution >= 4 is 56.4 Å². The number of nitrogens with zero attached hydrogens (tertiary/aromatic N) is 2. The van der Waals surface area contributed by atoms with E-state index >= 15 is 0 Å². The van der Waals surface area contributed by atoms with Gasteiger partial charge in [0.2, 0.25) is 0 Å². The van der Waals surface area contributed by atoms with Gasteiger partial charge in [-0.15, -0.1) is 0 Å². The number of para-hydroxylation sites is 1. The number of carbonyl (C=O) groups is 1. The summed E-state index contributed by atoms with van der Waals surface area (Å²) in [7, 11) is -4.63. The first kappa shape index (κ1) is 22.6. The lowest BCUT2D eigenvalue weighted by Crippen LogP contribution is -2.52. The average molecular weight is 464 g/mol. The number of nitrogens with one attached hydrogen (secondary N) is 1. The molecule has 2 aromatic rings. The second-order valence-corrected chi connectivity index (χ2v) is 8.00. The molecule has 0 aliphatic carbocycles. The molecule has 1 atom stereocenters. The van der Waals surface area contributed by atoms with E-state index in [1.165, 1.54) is 30.3 Å². The molecule has 29 heavy (non-hydrogen) atoms. The van der Waals surface area contributed by atoms with E-state index in [0.717, 1.165) is 6.07 Å². The Labute approximate surface area is 175 Å². The number of hydrogen-bond acceptors (Lipinski definition) is 7. The van der Waals surface area contributed by atoms with Crippen LogP contribution in [0.3, 0.4) is 0 Å². The molecule has 2 rings (SSSR count). The van der Waals surface area contributed by atoms with Gasteiger partial charge in [-0.05, 0) is 23.8 Å². The summed E-state index contributed by atoms with van der Waals surface area (Å²) in [6, 6.07) is 6.11. The number of nitrogen functional groups attached to an aromatic ring is 1. The number of aliphatic carboxylic acids is 1. The number of hydrazine groups is 1. The number of rotatable bonds is 8. The second kappa shape index (κ2) is 8.80. The Balaban J connectivity index is 2.48. The fourth-order valence-corrected chi connectivity index (χ4v) is 3.62. The SMILES string of the molecule is Nc1ccc(C[C@@H](C(=O)O)N(Nc2c(Cl)cccc2Cl)S(N)(=O)=O)cc1[N+](=O)[O-]. The van der Waals surface area contributed by atoms with Crippen molar-refractivity contribution in [2.75, 3.05) is 11.2 Å². The second-order valence-electron chi connectivity index (χ2n) is 5.76. The molecule has 0 saturated heterocycles. The molecule has 0 amide bonds. The Bertz CT molecular complexity index is 1040. The van der Waals surface area contributed by atoms with Crippen LogP contribution in [-0.2, 0) is 21.4 Å². The topological polar surface area (TPSA) is 182 Å². The molecule has 0 aromatic heterocycles. The van der Waals surface area contributed by atoms with Gasteiger partial charge in [-0.25, -0.2) is 5.14 Å². The van der Waals surface area contributed by atoms with Gasteiger partial charge in [0.15, 0.2) is 0 Å². The van der Waals surface area contributed by atoms with Crippen LogP contribution in [0.2, 0.25) is 10.0 Å². The molecule has 0 spiro atoms. The molecule has 0 bridgehead atoms. The molecule has 0 fully saturated rings. The van der Waals surface area contributed by atoms with Crippen LogP contribution in [0, 0.1) is 10.1 Å². The number of benzene rings is 2. The predicted octanol–water partition coefficient (Wildman–Crippen LogP) is 2.01. The van der Waals surface area contributed by atoms with Crippen LogP contribution in [-0.4, -0.2) is 34.9 Å². The molecule has 11 nitrogen and oxygen atoms in total. The van der Waals surface area contributed by atoms with Crippen molar-refractivity contribution in [2.45, 2.75) is 12.5 Å². The van der Waals surface area contributed by atoms with E-state index in [1.807, 2.05) is 0 Å². The van der Waals surface area contributed by atoms with Crippen LogP contribution in [0.15, 0.2) is 36.4 Å². The Morgan fingerprint density at radius 1 is 1.28 bits per heavy atom. The van der Waals surface area contributed by atoms with E-state index in [0.29, 0.717) is 0 Å². The quantitative estimate of drug-likeness (QED) is 0.260. The van der Waals surface area contributed by atoms with E-state index < -0.39 is 39.3 Å². The average Bonchev–Trinajstić information content (AvgIpc) is 2.60. The van der Waals surface area contributed by atoms with Crippen LogP contribution in [0.4, 0.5) is 17.1 Å². The van der Waals surface area contributed by atoms with Crippen molar-refractivity contribution in [1.29, 1.82) is 0 Å². The third-order valence-corrected chi connectivity index (χ3v) is 5.27. The number of nitro benzene ring substituents is 1. The van der Waals surface area contributed by atoms with E-state index in [2.05, 4.69) is 5.43 Å². The molecule has 0 unspecified atom stereocenters. The lowest BCUT2D eigenvalue weighted by atomic mass is 10.0. The normalized spacial score (nSPS) is 12.6. The highest BCUT2D eigenvalue weighted by Crippen LogP contribution is 2.31. The Morgan fingerprint density at radius 2 is 1.86 bits per heavy atom. The maximum Gasteiger partial charge on any atom is 0.324 e. The van der Waals surface area contributed by atoms with E-state index in [1.54, 1.807) is 0 Å². The molecule has 6 N–H and O–H groups in total. The van der Waals surface area contributed by atoms with Crippen molar-refractivity contribution in [3.63, 3.8) is 0 Å². The first-order valence-corrected chi connectivity index (χ1v) is 9.96. The lowest BCUT2D eigenvalue weighted by molar-refractivity contribution is -0.384. The fraction of sp³-hybridized carbons (Fsp3) is 0.133. The summed E-state index contributed by atoms with van der Waals surface area (Å²) in [6.07, 6.45) is -0.470. The zero-order valence-electron chi connectivity index (χ0n) is 14.5. The summed E-state index contributed by atoms with van der Waals surface area (Å²) < 4.78 is 24.4. The number of anilines is 2. The van der Waals surface area contributed by atoms with Gasteiger partial charge >= 0.3 is 5.97 Å². The molecular formula is C15H15Cl2N5O6S. The summed E-state index contributed by atoms with van der Waals surface area (Å²) in [4.78, 5) is 22.1. The van der Waals surface area contributed by atoms with Crippen molar-refractivity contribution < 1.29 is 23.2 Å². The van der Waals surface area contributed by atoms with Crippen LogP contribution >= 0.6 is 23.2 Å². The van der Waals surface area contributed by atoms with Gasteiger partial charge in [-0.1, -0.05) is 39.7 Å². The number of nitrogens with two attached hydrogens (primary N) is 2. The zero-order chi connectivity index (χ0) is 21.9. The standard InChI is InChI=1S/C15H15Cl2N5O6S/c16-9-2-1-3-10(17)14(9)20-21(29(19,27)28)13(15(23)24)7-8-4-5-11(18)12(6-8)22(25)26/h1-6,13,20H,7,18H2,(H,23,24)(H2,19,27,28)/t13-/m0/s1. The molecule has 0 aliphatic heterocycles. The predicted molar refractivity (Wildman–Crippen MR) is 108 cm³/mol. The summed E-state index contributed by atoms with van der Waals surface area (Å²) in [5, 5.41) is 25.8. The van der Waals surface area contributed by atoms with Gasteiger partial charge in [-0.2, -0.15) is 8.42 Å². The van der Waals surface area contributed by atoms with Gasteiger partial charge in [0.1, 0.15) is 11.7 Å². The van der Waals surface area contributed by atoms with Crippen molar-refractivity contribution in [2.24, 2.45) is 5.14 Å². The summed E-state index contributed by atoms with van der Waals surface area (Å²) in [5.74, 6) is -1.57. The van der Waals surface area contributed by atoms with Gasteiger partial charge < -0.3 is 16.3 Å². The first-order chi connectivity index (χ1) is 13.4. The van der Waals surface area contributed by atoms with Crippen LogP contribution in [0.1, 0.15) is 5.56 Å². The number of carboxylic acid groups (broad SMARTS) is 1. The van der Waals surface area contributed by atoms with Gasteiger partial charge in [0.05, 0.1) is 20.7 Å². The van der Waals surface area contributed by atoms with E-state index in [9.17, 15) is 28.4 Å². The van der Waals surface area contributed by atoms with Gasteiger partial charge in [-0.3, -0.25) is 14.9 Å². The zero-order valence-corrected chi connectivity index (χ0v) is 16.8. The molecule has 14 heteroatoms. The van der Waals surface area contributed by atoms with Crippen molar-refractivity contribution in [1.82, 2.24) is 4.41 Å². The minimum absolute atomic E-state index is 0.0124. The van der Waals surface area contributed by atoms with Crippen molar-refractivity contribution in [3.8, 4) is 0 Å². The highest BCUT2D eigenvalue weighted by Gasteiger charge is 2.35. The largest absolute Gasteiger partial charge is 0.480 e. The van der Waals surface area contributed by atoms with Crippen LogP contribution in [0.5, 0.6) is 0 Å². The highest BCUT2D eigenvalue weighted by atomic mass is 35.5. The summed E-state index contributed by atoms with van der Waals surface area (Å²) in [5.41, 5.74) is 7.32. The van der Waals surface area contributed by atoms with Gasteiger partial charge in [0, 0.05) is 12.5 Å². The Kier molecular flexibility index (Phi) is 6.87. The maximum atomic E-state index is 12.1. The minimum atomic E-state index is -4.63. The summed E-state index contributed by atoms with van der Waals surface area (Å²) in [6.45, 7) is 0. The first-order valence-electron chi connectivity index (χ1n) is 7.70. The van der Waals surface area contributed by atoms with Crippen LogP contribution in [0.25, 0.3) is 0 Å². The molecule has 0 aliphatic rings. The molecule has 156 valence electrons. The summed E-state index contributed by atoms with van der Waals surface area (Å²) >= 11 is 12.0. The minimum Gasteiger partial charge on any atom is -0.480 e. The number of halogens is 2. The number of nitro groups is 1. The van der Waals surface area contributed by atoms with Gasteiger partial charge in [0.25, 0.3) is 15.9 Å². The third-order valence-electron chi connectivity index (χ3n) is 3.75. The number of carboxylic acids is 1. The molecule has 0 saturated carbocycles.